The second-order valence-corrected chi connectivity index (χ2v) is 7.66. The number of nitrogens with zero attached hydrogens (tertiary/aromatic N) is 2. The summed E-state index contributed by atoms with van der Waals surface area (Å²) >= 11 is 7.98. The highest BCUT2D eigenvalue weighted by atomic mass is 35.5. The van der Waals surface area contributed by atoms with Crippen LogP contribution in [0.3, 0.4) is 0 Å². The van der Waals surface area contributed by atoms with Crippen LogP contribution in [-0.4, -0.2) is 22.3 Å². The molecule has 21 heavy (non-hydrogen) atoms. The zero-order valence-electron chi connectivity index (χ0n) is 13.0. The first-order valence-corrected chi connectivity index (χ1v) is 8.39. The zero-order chi connectivity index (χ0) is 15.5. The average molecular weight is 324 g/mol. The molecular weight excluding hydrogens is 302 g/mol. The molecule has 0 aliphatic carbocycles. The van der Waals surface area contributed by atoms with Crippen LogP contribution < -0.4 is 5.32 Å². The maximum atomic E-state index is 6.34. The Morgan fingerprint density at radius 1 is 1.24 bits per heavy atom. The number of halogens is 1. The molecule has 2 aromatic rings. The predicted molar refractivity (Wildman–Crippen MR) is 91.2 cm³/mol. The van der Waals surface area contributed by atoms with E-state index in [0.717, 1.165) is 45.6 Å². The Kier molecular flexibility index (Phi) is 5.36. The van der Waals surface area contributed by atoms with Crippen molar-refractivity contribution in [3.63, 3.8) is 0 Å². The van der Waals surface area contributed by atoms with Gasteiger partial charge in [-0.15, -0.1) is 10.2 Å². The van der Waals surface area contributed by atoms with Crippen molar-refractivity contribution >= 4 is 22.9 Å². The van der Waals surface area contributed by atoms with Crippen LogP contribution in [0.1, 0.15) is 37.8 Å². The van der Waals surface area contributed by atoms with Gasteiger partial charge in [0.15, 0.2) is 0 Å². The molecule has 5 heteroatoms. The van der Waals surface area contributed by atoms with Crippen LogP contribution in [0.5, 0.6) is 0 Å². The predicted octanol–water partition coefficient (Wildman–Crippen LogP) is 4.49. The molecule has 114 valence electrons. The van der Waals surface area contributed by atoms with E-state index in [1.807, 2.05) is 25.1 Å². The third-order valence-corrected chi connectivity index (χ3v) is 4.63. The van der Waals surface area contributed by atoms with Gasteiger partial charge in [-0.25, -0.2) is 0 Å². The minimum atomic E-state index is 0.168. The van der Waals surface area contributed by atoms with Gasteiger partial charge < -0.3 is 5.32 Å². The number of benzene rings is 1. The molecule has 0 radical (unpaired) electrons. The lowest BCUT2D eigenvalue weighted by Crippen LogP contribution is -2.36. The minimum absolute atomic E-state index is 0.168. The second kappa shape index (κ2) is 6.86. The lowest BCUT2D eigenvalue weighted by Gasteiger charge is -2.20. The van der Waals surface area contributed by atoms with Gasteiger partial charge in [-0.1, -0.05) is 41.1 Å². The fourth-order valence-electron chi connectivity index (χ4n) is 1.98. The quantitative estimate of drug-likeness (QED) is 0.824. The van der Waals surface area contributed by atoms with E-state index in [0.29, 0.717) is 0 Å². The Morgan fingerprint density at radius 3 is 2.71 bits per heavy atom. The first-order valence-electron chi connectivity index (χ1n) is 7.20. The van der Waals surface area contributed by atoms with Gasteiger partial charge in [-0.3, -0.25) is 0 Å². The van der Waals surface area contributed by atoms with Gasteiger partial charge in [0.2, 0.25) is 0 Å². The van der Waals surface area contributed by atoms with E-state index < -0.39 is 0 Å². The van der Waals surface area contributed by atoms with Gasteiger partial charge in [0.1, 0.15) is 10.0 Å². The third-order valence-electron chi connectivity index (χ3n) is 3.11. The first kappa shape index (κ1) is 16.4. The Balaban J connectivity index is 1.97. The second-order valence-electron chi connectivity index (χ2n) is 6.22. The van der Waals surface area contributed by atoms with Gasteiger partial charge in [-0.05, 0) is 46.2 Å². The average Bonchev–Trinajstić information content (AvgIpc) is 2.85. The van der Waals surface area contributed by atoms with Crippen LogP contribution in [0.15, 0.2) is 18.2 Å². The monoisotopic (exact) mass is 323 g/mol. The van der Waals surface area contributed by atoms with E-state index in [1.54, 1.807) is 11.3 Å². The van der Waals surface area contributed by atoms with Crippen molar-refractivity contribution in [1.82, 2.24) is 15.5 Å². The SMILES string of the molecule is Cc1cccc(-c2nnc(CCCNC(C)(C)C)s2)c1Cl. The summed E-state index contributed by atoms with van der Waals surface area (Å²) in [6.07, 6.45) is 2.01. The smallest absolute Gasteiger partial charge is 0.149 e. The molecule has 0 saturated heterocycles. The number of hydrogen-bond donors (Lipinski definition) is 1. The molecule has 0 bridgehead atoms. The van der Waals surface area contributed by atoms with E-state index in [2.05, 4.69) is 36.3 Å². The molecule has 0 unspecified atom stereocenters. The van der Waals surface area contributed by atoms with Crippen LogP contribution in [0, 0.1) is 6.92 Å². The van der Waals surface area contributed by atoms with E-state index in [1.165, 1.54) is 0 Å². The molecular formula is C16H22ClN3S. The summed E-state index contributed by atoms with van der Waals surface area (Å²) < 4.78 is 0. The Hall–Kier alpha value is -0.970. The number of hydrogen-bond acceptors (Lipinski definition) is 4. The largest absolute Gasteiger partial charge is 0.312 e. The van der Waals surface area contributed by atoms with Crippen molar-refractivity contribution < 1.29 is 0 Å². The fraction of sp³-hybridized carbons (Fsp3) is 0.500. The molecule has 0 spiro atoms. The normalized spacial score (nSPS) is 11.9. The van der Waals surface area contributed by atoms with Crippen molar-refractivity contribution in [3.8, 4) is 10.6 Å². The summed E-state index contributed by atoms with van der Waals surface area (Å²) in [4.78, 5) is 0. The standard InChI is InChI=1S/C16H22ClN3S/c1-11-7-5-8-12(14(11)17)15-20-19-13(21-15)9-6-10-18-16(2,3)4/h5,7-8,18H,6,9-10H2,1-4H3. The van der Waals surface area contributed by atoms with Gasteiger partial charge in [0, 0.05) is 17.5 Å². The molecule has 3 nitrogen and oxygen atoms in total. The first-order chi connectivity index (χ1) is 9.87. The van der Waals surface area contributed by atoms with Crippen LogP contribution in [0.4, 0.5) is 0 Å². The highest BCUT2D eigenvalue weighted by molar-refractivity contribution is 7.14. The third kappa shape index (κ3) is 4.77. The Labute approximate surface area is 135 Å². The van der Waals surface area contributed by atoms with Crippen molar-refractivity contribution in [2.24, 2.45) is 0 Å². The topological polar surface area (TPSA) is 37.8 Å². The molecule has 0 amide bonds. The Morgan fingerprint density at radius 2 is 2.00 bits per heavy atom. The van der Waals surface area contributed by atoms with Crippen molar-refractivity contribution in [2.45, 2.75) is 46.1 Å². The van der Waals surface area contributed by atoms with Crippen LogP contribution in [0.25, 0.3) is 10.6 Å². The van der Waals surface area contributed by atoms with Crippen LogP contribution in [-0.2, 0) is 6.42 Å². The maximum absolute atomic E-state index is 6.34. The van der Waals surface area contributed by atoms with Gasteiger partial charge in [0.25, 0.3) is 0 Å². The van der Waals surface area contributed by atoms with Gasteiger partial charge in [-0.2, -0.15) is 0 Å². The van der Waals surface area contributed by atoms with Gasteiger partial charge in [0.05, 0.1) is 5.02 Å². The molecule has 0 aliphatic heterocycles. The lowest BCUT2D eigenvalue weighted by molar-refractivity contribution is 0.422. The van der Waals surface area contributed by atoms with E-state index >= 15 is 0 Å². The minimum Gasteiger partial charge on any atom is -0.312 e. The fourth-order valence-corrected chi connectivity index (χ4v) is 3.16. The molecule has 1 aromatic heterocycles. The van der Waals surface area contributed by atoms with E-state index in [-0.39, 0.29) is 5.54 Å². The van der Waals surface area contributed by atoms with Gasteiger partial charge >= 0.3 is 0 Å². The van der Waals surface area contributed by atoms with Crippen molar-refractivity contribution in [1.29, 1.82) is 0 Å². The molecule has 2 rings (SSSR count). The van der Waals surface area contributed by atoms with Crippen LogP contribution >= 0.6 is 22.9 Å². The molecule has 1 heterocycles. The van der Waals surface area contributed by atoms with Crippen LogP contribution in [0.2, 0.25) is 5.02 Å². The number of aryl methyl sites for hydroxylation is 2. The Bertz CT molecular complexity index is 602. The van der Waals surface area contributed by atoms with E-state index in [9.17, 15) is 0 Å². The van der Waals surface area contributed by atoms with E-state index in [4.69, 9.17) is 11.6 Å². The number of nitrogens with one attached hydrogen (secondary N) is 1. The molecule has 1 aromatic carbocycles. The summed E-state index contributed by atoms with van der Waals surface area (Å²) in [5.41, 5.74) is 2.22. The number of aromatic nitrogens is 2. The van der Waals surface area contributed by atoms with Crippen molar-refractivity contribution in [3.05, 3.63) is 33.8 Å². The molecule has 0 atom stereocenters. The number of rotatable bonds is 5. The summed E-state index contributed by atoms with van der Waals surface area (Å²) in [5, 5.41) is 14.8. The summed E-state index contributed by atoms with van der Waals surface area (Å²) in [7, 11) is 0. The summed E-state index contributed by atoms with van der Waals surface area (Å²) in [5.74, 6) is 0. The molecule has 1 N–H and O–H groups in total. The zero-order valence-corrected chi connectivity index (χ0v) is 14.6. The maximum Gasteiger partial charge on any atom is 0.149 e. The molecule has 0 fully saturated rings. The summed E-state index contributed by atoms with van der Waals surface area (Å²) in [6, 6.07) is 6.01. The summed E-state index contributed by atoms with van der Waals surface area (Å²) in [6.45, 7) is 9.52. The highest BCUT2D eigenvalue weighted by Gasteiger charge is 2.12. The molecule has 0 saturated carbocycles. The van der Waals surface area contributed by atoms with Crippen molar-refractivity contribution in [2.75, 3.05) is 6.54 Å². The highest BCUT2D eigenvalue weighted by Crippen LogP contribution is 2.32. The lowest BCUT2D eigenvalue weighted by atomic mass is 10.1. The molecule has 0 aliphatic rings.